The first-order chi connectivity index (χ1) is 10.3. The topological polar surface area (TPSA) is 32.3 Å². The summed E-state index contributed by atoms with van der Waals surface area (Å²) in [5.74, 6) is 1.76. The first-order valence-corrected chi connectivity index (χ1v) is 8.32. The Bertz CT molecular complexity index is 448. The van der Waals surface area contributed by atoms with Gasteiger partial charge in [0, 0.05) is 6.54 Å². The molecule has 0 spiro atoms. The SMILES string of the molecule is O=C(CN1CCC(Cc2ccccc2)CC1)NCC1CC1. The van der Waals surface area contributed by atoms with Gasteiger partial charge in [-0.3, -0.25) is 9.69 Å². The monoisotopic (exact) mass is 286 g/mol. The zero-order chi connectivity index (χ0) is 14.5. The quantitative estimate of drug-likeness (QED) is 0.871. The van der Waals surface area contributed by atoms with Gasteiger partial charge in [-0.15, -0.1) is 0 Å². The summed E-state index contributed by atoms with van der Waals surface area (Å²) in [6, 6.07) is 10.8. The predicted octanol–water partition coefficient (Wildman–Crippen LogP) is 2.47. The van der Waals surface area contributed by atoms with E-state index >= 15 is 0 Å². The Morgan fingerprint density at radius 2 is 1.76 bits per heavy atom. The molecule has 2 fully saturated rings. The summed E-state index contributed by atoms with van der Waals surface area (Å²) >= 11 is 0. The average molecular weight is 286 g/mol. The van der Waals surface area contributed by atoms with Crippen LogP contribution in [0.4, 0.5) is 0 Å². The van der Waals surface area contributed by atoms with Crippen molar-refractivity contribution >= 4 is 5.91 Å². The van der Waals surface area contributed by atoms with Crippen molar-refractivity contribution in [1.82, 2.24) is 10.2 Å². The summed E-state index contributed by atoms with van der Waals surface area (Å²) in [5, 5.41) is 3.06. The molecule has 3 heteroatoms. The van der Waals surface area contributed by atoms with Crippen LogP contribution in [0.3, 0.4) is 0 Å². The molecule has 1 heterocycles. The number of piperidine rings is 1. The fourth-order valence-corrected chi connectivity index (χ4v) is 3.14. The Balaban J connectivity index is 1.35. The van der Waals surface area contributed by atoms with E-state index in [2.05, 4.69) is 40.5 Å². The molecule has 3 nitrogen and oxygen atoms in total. The molecule has 2 aliphatic rings. The third-order valence-electron chi connectivity index (χ3n) is 4.73. The van der Waals surface area contributed by atoms with Gasteiger partial charge in [-0.25, -0.2) is 0 Å². The van der Waals surface area contributed by atoms with Crippen LogP contribution in [0.5, 0.6) is 0 Å². The van der Waals surface area contributed by atoms with Gasteiger partial charge in [0.2, 0.25) is 5.91 Å². The van der Waals surface area contributed by atoms with Crippen LogP contribution in [0.2, 0.25) is 0 Å². The molecule has 1 aliphatic carbocycles. The molecular formula is C18H26N2O. The van der Waals surface area contributed by atoms with Crippen molar-refractivity contribution in [2.75, 3.05) is 26.2 Å². The van der Waals surface area contributed by atoms with E-state index in [9.17, 15) is 4.79 Å². The van der Waals surface area contributed by atoms with E-state index in [4.69, 9.17) is 0 Å². The fraction of sp³-hybridized carbons (Fsp3) is 0.611. The molecule has 1 aromatic rings. The molecule has 1 saturated carbocycles. The highest BCUT2D eigenvalue weighted by Gasteiger charge is 2.23. The minimum atomic E-state index is 0.211. The van der Waals surface area contributed by atoms with Crippen LogP contribution in [0.25, 0.3) is 0 Å². The van der Waals surface area contributed by atoms with E-state index < -0.39 is 0 Å². The minimum absolute atomic E-state index is 0.211. The number of amides is 1. The van der Waals surface area contributed by atoms with Crippen molar-refractivity contribution in [3.05, 3.63) is 35.9 Å². The van der Waals surface area contributed by atoms with Gasteiger partial charge in [0.25, 0.3) is 0 Å². The highest BCUT2D eigenvalue weighted by atomic mass is 16.2. The van der Waals surface area contributed by atoms with E-state index in [1.54, 1.807) is 0 Å². The number of carbonyl (C=O) groups excluding carboxylic acids is 1. The Hall–Kier alpha value is -1.35. The number of likely N-dealkylation sites (tertiary alicyclic amines) is 1. The van der Waals surface area contributed by atoms with Crippen LogP contribution in [0.1, 0.15) is 31.2 Å². The van der Waals surface area contributed by atoms with Crippen LogP contribution in [-0.4, -0.2) is 37.0 Å². The summed E-state index contributed by atoms with van der Waals surface area (Å²) in [6.07, 6.45) is 6.20. The smallest absolute Gasteiger partial charge is 0.234 e. The standard InChI is InChI=1S/C18H26N2O/c21-18(19-13-17-6-7-17)14-20-10-8-16(9-11-20)12-15-4-2-1-3-5-15/h1-5,16-17H,6-14H2,(H,19,21). The number of hydrogen-bond donors (Lipinski definition) is 1. The van der Waals surface area contributed by atoms with Crippen molar-refractivity contribution in [3.63, 3.8) is 0 Å². The largest absolute Gasteiger partial charge is 0.355 e. The number of carbonyl (C=O) groups is 1. The van der Waals surface area contributed by atoms with E-state index in [0.717, 1.165) is 31.5 Å². The van der Waals surface area contributed by atoms with E-state index in [0.29, 0.717) is 6.54 Å². The molecule has 114 valence electrons. The molecule has 0 radical (unpaired) electrons. The Labute approximate surface area is 127 Å². The maximum atomic E-state index is 11.9. The van der Waals surface area contributed by atoms with E-state index in [1.165, 1.54) is 37.7 Å². The minimum Gasteiger partial charge on any atom is -0.355 e. The van der Waals surface area contributed by atoms with Gasteiger partial charge in [-0.1, -0.05) is 30.3 Å². The Morgan fingerprint density at radius 1 is 1.05 bits per heavy atom. The first kappa shape index (κ1) is 14.6. The van der Waals surface area contributed by atoms with Gasteiger partial charge in [0.05, 0.1) is 6.54 Å². The zero-order valence-corrected chi connectivity index (χ0v) is 12.8. The number of rotatable bonds is 6. The molecule has 1 aliphatic heterocycles. The zero-order valence-electron chi connectivity index (χ0n) is 12.8. The van der Waals surface area contributed by atoms with Gasteiger partial charge in [-0.2, -0.15) is 0 Å². The predicted molar refractivity (Wildman–Crippen MR) is 85.0 cm³/mol. The lowest BCUT2D eigenvalue weighted by Crippen LogP contribution is -2.42. The van der Waals surface area contributed by atoms with Gasteiger partial charge in [-0.05, 0) is 62.6 Å². The van der Waals surface area contributed by atoms with Crippen molar-refractivity contribution in [2.45, 2.75) is 32.1 Å². The maximum absolute atomic E-state index is 11.9. The first-order valence-electron chi connectivity index (χ1n) is 8.32. The average Bonchev–Trinajstić information content (AvgIpc) is 3.33. The summed E-state index contributed by atoms with van der Waals surface area (Å²) in [4.78, 5) is 14.2. The molecule has 3 rings (SSSR count). The second-order valence-electron chi connectivity index (χ2n) is 6.66. The van der Waals surface area contributed by atoms with Crippen LogP contribution < -0.4 is 5.32 Å². The highest BCUT2D eigenvalue weighted by molar-refractivity contribution is 5.78. The van der Waals surface area contributed by atoms with Crippen LogP contribution >= 0.6 is 0 Å². The van der Waals surface area contributed by atoms with Gasteiger partial charge in [0.15, 0.2) is 0 Å². The normalized spacial score (nSPS) is 20.4. The van der Waals surface area contributed by atoms with Crippen molar-refractivity contribution in [3.8, 4) is 0 Å². The lowest BCUT2D eigenvalue weighted by molar-refractivity contribution is -0.122. The highest BCUT2D eigenvalue weighted by Crippen LogP contribution is 2.27. The van der Waals surface area contributed by atoms with Crippen LogP contribution in [0.15, 0.2) is 30.3 Å². The molecule has 1 N–H and O–H groups in total. The van der Waals surface area contributed by atoms with Crippen LogP contribution in [0, 0.1) is 11.8 Å². The van der Waals surface area contributed by atoms with Gasteiger partial charge in [0.1, 0.15) is 0 Å². The third kappa shape index (κ3) is 4.85. The second-order valence-corrected chi connectivity index (χ2v) is 6.66. The summed E-state index contributed by atoms with van der Waals surface area (Å²) in [5.41, 5.74) is 1.44. The Morgan fingerprint density at radius 3 is 2.43 bits per heavy atom. The number of nitrogens with zero attached hydrogens (tertiary/aromatic N) is 1. The summed E-state index contributed by atoms with van der Waals surface area (Å²) < 4.78 is 0. The summed E-state index contributed by atoms with van der Waals surface area (Å²) in [6.45, 7) is 3.61. The fourth-order valence-electron chi connectivity index (χ4n) is 3.14. The molecule has 0 unspecified atom stereocenters. The van der Waals surface area contributed by atoms with Crippen LogP contribution in [-0.2, 0) is 11.2 Å². The lowest BCUT2D eigenvalue weighted by Gasteiger charge is -2.31. The molecule has 1 saturated heterocycles. The molecular weight excluding hydrogens is 260 g/mol. The molecule has 1 aromatic carbocycles. The number of nitrogens with one attached hydrogen (secondary N) is 1. The molecule has 21 heavy (non-hydrogen) atoms. The lowest BCUT2D eigenvalue weighted by atomic mass is 9.90. The maximum Gasteiger partial charge on any atom is 0.234 e. The van der Waals surface area contributed by atoms with Crippen molar-refractivity contribution < 1.29 is 4.79 Å². The van der Waals surface area contributed by atoms with E-state index in [1.807, 2.05) is 0 Å². The van der Waals surface area contributed by atoms with Gasteiger partial charge >= 0.3 is 0 Å². The third-order valence-corrected chi connectivity index (χ3v) is 4.73. The molecule has 0 atom stereocenters. The van der Waals surface area contributed by atoms with Crippen molar-refractivity contribution in [2.24, 2.45) is 11.8 Å². The molecule has 0 aromatic heterocycles. The number of hydrogen-bond acceptors (Lipinski definition) is 2. The molecule has 0 bridgehead atoms. The number of benzene rings is 1. The molecule has 1 amide bonds. The van der Waals surface area contributed by atoms with Crippen molar-refractivity contribution in [1.29, 1.82) is 0 Å². The Kier molecular flexibility index (Phi) is 4.91. The van der Waals surface area contributed by atoms with Gasteiger partial charge < -0.3 is 5.32 Å². The summed E-state index contributed by atoms with van der Waals surface area (Å²) in [7, 11) is 0. The van der Waals surface area contributed by atoms with E-state index in [-0.39, 0.29) is 5.91 Å². The second kappa shape index (κ2) is 7.08.